The molecular formula is C21H20F3N3O2. The Balaban J connectivity index is 1.76. The van der Waals surface area contributed by atoms with Crippen molar-refractivity contribution in [1.29, 1.82) is 0 Å². The van der Waals surface area contributed by atoms with Crippen molar-refractivity contribution in [2.75, 3.05) is 7.11 Å². The lowest BCUT2D eigenvalue weighted by molar-refractivity contribution is -0.137. The zero-order valence-corrected chi connectivity index (χ0v) is 16.0. The minimum absolute atomic E-state index is 0.00910. The summed E-state index contributed by atoms with van der Waals surface area (Å²) in [5.41, 5.74) is 2.50. The highest BCUT2D eigenvalue weighted by atomic mass is 19.4. The molecule has 0 bridgehead atoms. The maximum Gasteiger partial charge on any atom is 0.416 e. The highest BCUT2D eigenvalue weighted by Crippen LogP contribution is 2.29. The molecule has 0 saturated carbocycles. The van der Waals surface area contributed by atoms with Crippen LogP contribution >= 0.6 is 0 Å². The Morgan fingerprint density at radius 1 is 1.21 bits per heavy atom. The van der Waals surface area contributed by atoms with Crippen molar-refractivity contribution < 1.29 is 22.7 Å². The van der Waals surface area contributed by atoms with E-state index in [0.717, 1.165) is 29.1 Å². The smallest absolute Gasteiger partial charge is 0.380 e. The molecule has 0 unspecified atom stereocenters. The van der Waals surface area contributed by atoms with Crippen LogP contribution in [0.3, 0.4) is 0 Å². The number of halogens is 3. The molecule has 0 aliphatic carbocycles. The van der Waals surface area contributed by atoms with E-state index in [9.17, 15) is 18.0 Å². The van der Waals surface area contributed by atoms with Crippen molar-refractivity contribution in [3.05, 3.63) is 82.9 Å². The van der Waals surface area contributed by atoms with E-state index >= 15 is 0 Å². The molecular weight excluding hydrogens is 383 g/mol. The van der Waals surface area contributed by atoms with Gasteiger partial charge in [-0.05, 0) is 42.8 Å². The molecule has 8 heteroatoms. The predicted molar refractivity (Wildman–Crippen MR) is 102 cm³/mol. The average molecular weight is 403 g/mol. The summed E-state index contributed by atoms with van der Waals surface area (Å²) < 4.78 is 45.5. The van der Waals surface area contributed by atoms with Crippen molar-refractivity contribution >= 4 is 5.91 Å². The van der Waals surface area contributed by atoms with E-state index in [1.165, 1.54) is 12.1 Å². The number of ether oxygens (including phenoxy) is 1. The first-order valence-corrected chi connectivity index (χ1v) is 8.85. The second-order valence-corrected chi connectivity index (χ2v) is 6.58. The fourth-order valence-electron chi connectivity index (χ4n) is 2.94. The maximum absolute atomic E-state index is 12.8. The van der Waals surface area contributed by atoms with E-state index in [1.54, 1.807) is 31.6 Å². The predicted octanol–water partition coefficient (Wildman–Crippen LogP) is 4.28. The molecule has 3 aromatic rings. The number of hydrogen-bond donors (Lipinski definition) is 1. The Kier molecular flexibility index (Phi) is 6.03. The number of benzene rings is 2. The van der Waals surface area contributed by atoms with Gasteiger partial charge in [0.25, 0.3) is 5.91 Å². The number of imidazole rings is 1. The van der Waals surface area contributed by atoms with Crippen molar-refractivity contribution in [2.45, 2.75) is 26.3 Å². The summed E-state index contributed by atoms with van der Waals surface area (Å²) in [6.07, 6.45) is -0.879. The molecule has 0 fully saturated rings. The van der Waals surface area contributed by atoms with Crippen LogP contribution in [0.1, 0.15) is 32.7 Å². The highest BCUT2D eigenvalue weighted by Gasteiger charge is 2.30. The summed E-state index contributed by atoms with van der Waals surface area (Å²) in [5, 5.41) is 2.66. The molecule has 29 heavy (non-hydrogen) atoms. The van der Waals surface area contributed by atoms with E-state index in [2.05, 4.69) is 10.3 Å². The molecule has 3 rings (SSSR count). The minimum Gasteiger partial charge on any atom is -0.380 e. The summed E-state index contributed by atoms with van der Waals surface area (Å²) in [6.45, 7) is 2.16. The Hall–Kier alpha value is -3.13. The van der Waals surface area contributed by atoms with Crippen molar-refractivity contribution in [3.63, 3.8) is 0 Å². The normalized spacial score (nSPS) is 11.5. The Morgan fingerprint density at radius 3 is 2.66 bits per heavy atom. The number of nitrogens with zero attached hydrogens (tertiary/aromatic N) is 2. The van der Waals surface area contributed by atoms with E-state index in [-0.39, 0.29) is 12.5 Å². The topological polar surface area (TPSA) is 56.1 Å². The third-order valence-corrected chi connectivity index (χ3v) is 4.34. The van der Waals surface area contributed by atoms with E-state index in [0.29, 0.717) is 17.7 Å². The molecule has 1 amide bonds. The Labute approximate surface area is 166 Å². The molecule has 0 saturated heterocycles. The van der Waals surface area contributed by atoms with Crippen LogP contribution in [-0.2, 0) is 24.1 Å². The van der Waals surface area contributed by atoms with Gasteiger partial charge in [0.15, 0.2) is 0 Å². The number of amides is 1. The quantitative estimate of drug-likeness (QED) is 0.669. The number of nitrogens with one attached hydrogen (secondary N) is 1. The molecule has 5 nitrogen and oxygen atoms in total. The van der Waals surface area contributed by atoms with Gasteiger partial charge in [-0.3, -0.25) is 4.79 Å². The lowest BCUT2D eigenvalue weighted by Crippen LogP contribution is -2.23. The van der Waals surface area contributed by atoms with E-state index in [1.807, 2.05) is 17.7 Å². The lowest BCUT2D eigenvalue weighted by atomic mass is 10.1. The number of carbonyl (C=O) groups is 1. The number of carbonyl (C=O) groups excluding carboxylic acids is 1. The number of aryl methyl sites for hydroxylation is 1. The molecule has 152 valence electrons. The molecule has 1 aromatic heterocycles. The van der Waals surface area contributed by atoms with Crippen LogP contribution in [0.15, 0.2) is 55.0 Å². The SMILES string of the molecule is COCc1cc(C(=O)NCc2cccc(C(F)(F)F)c2)ccc1-n1cnc(C)c1. The lowest BCUT2D eigenvalue weighted by Gasteiger charge is -2.13. The zero-order chi connectivity index (χ0) is 21.0. The first-order valence-electron chi connectivity index (χ1n) is 8.85. The van der Waals surface area contributed by atoms with Crippen LogP contribution in [-0.4, -0.2) is 22.6 Å². The number of hydrogen-bond acceptors (Lipinski definition) is 3. The summed E-state index contributed by atoms with van der Waals surface area (Å²) in [5.74, 6) is -0.381. The van der Waals surface area contributed by atoms with Crippen LogP contribution in [0.4, 0.5) is 13.2 Å². The number of alkyl halides is 3. The Bertz CT molecular complexity index is 1010. The van der Waals surface area contributed by atoms with Crippen LogP contribution in [0.2, 0.25) is 0 Å². The molecule has 1 N–H and O–H groups in total. The molecule has 2 aromatic carbocycles. The van der Waals surface area contributed by atoms with Gasteiger partial charge in [-0.25, -0.2) is 4.98 Å². The maximum atomic E-state index is 12.8. The summed E-state index contributed by atoms with van der Waals surface area (Å²) >= 11 is 0. The standard InChI is InChI=1S/C21H20F3N3O2/c1-14-11-27(13-26-14)19-7-6-16(9-17(19)12-29-2)20(28)25-10-15-4-3-5-18(8-15)21(22,23)24/h3-9,11,13H,10,12H2,1-2H3,(H,25,28). The fourth-order valence-corrected chi connectivity index (χ4v) is 2.94. The number of rotatable bonds is 6. The molecule has 1 heterocycles. The first-order chi connectivity index (χ1) is 13.8. The van der Waals surface area contributed by atoms with Crippen LogP contribution in [0.5, 0.6) is 0 Å². The Morgan fingerprint density at radius 2 is 2.00 bits per heavy atom. The zero-order valence-electron chi connectivity index (χ0n) is 16.0. The highest BCUT2D eigenvalue weighted by molar-refractivity contribution is 5.94. The van der Waals surface area contributed by atoms with Crippen molar-refractivity contribution in [1.82, 2.24) is 14.9 Å². The van der Waals surface area contributed by atoms with Crippen LogP contribution in [0, 0.1) is 6.92 Å². The summed E-state index contributed by atoms with van der Waals surface area (Å²) in [6, 6.07) is 10.0. The first kappa shape index (κ1) is 20.6. The minimum atomic E-state index is -4.42. The molecule has 0 aliphatic heterocycles. The summed E-state index contributed by atoms with van der Waals surface area (Å²) in [7, 11) is 1.56. The van der Waals surface area contributed by atoms with Gasteiger partial charge < -0.3 is 14.6 Å². The number of aromatic nitrogens is 2. The van der Waals surface area contributed by atoms with Gasteiger partial charge in [0, 0.05) is 31.0 Å². The molecule has 0 spiro atoms. The third kappa shape index (κ3) is 5.03. The van der Waals surface area contributed by atoms with E-state index in [4.69, 9.17) is 4.74 Å². The van der Waals surface area contributed by atoms with Gasteiger partial charge in [0.2, 0.25) is 0 Å². The number of methoxy groups -OCH3 is 1. The van der Waals surface area contributed by atoms with Gasteiger partial charge in [-0.1, -0.05) is 12.1 Å². The van der Waals surface area contributed by atoms with Gasteiger partial charge >= 0.3 is 6.18 Å². The van der Waals surface area contributed by atoms with Gasteiger partial charge in [-0.2, -0.15) is 13.2 Å². The van der Waals surface area contributed by atoms with Crippen molar-refractivity contribution in [2.24, 2.45) is 0 Å². The van der Waals surface area contributed by atoms with Crippen LogP contribution in [0.25, 0.3) is 5.69 Å². The molecule has 0 atom stereocenters. The molecule has 0 radical (unpaired) electrons. The summed E-state index contributed by atoms with van der Waals surface area (Å²) in [4.78, 5) is 16.7. The monoisotopic (exact) mass is 403 g/mol. The second kappa shape index (κ2) is 8.48. The van der Waals surface area contributed by atoms with Crippen molar-refractivity contribution in [3.8, 4) is 5.69 Å². The van der Waals surface area contributed by atoms with Gasteiger partial charge in [0.05, 0.1) is 29.9 Å². The largest absolute Gasteiger partial charge is 0.416 e. The molecule has 0 aliphatic rings. The average Bonchev–Trinajstić information content (AvgIpc) is 3.12. The third-order valence-electron chi connectivity index (χ3n) is 4.34. The van der Waals surface area contributed by atoms with Crippen LogP contribution < -0.4 is 5.32 Å². The fraction of sp³-hybridized carbons (Fsp3) is 0.238. The van der Waals surface area contributed by atoms with Gasteiger partial charge in [0.1, 0.15) is 0 Å². The van der Waals surface area contributed by atoms with E-state index < -0.39 is 11.7 Å². The second-order valence-electron chi connectivity index (χ2n) is 6.58. The van der Waals surface area contributed by atoms with Gasteiger partial charge in [-0.15, -0.1) is 0 Å².